The molecule has 6 nitrogen and oxygen atoms in total. The zero-order valence-corrected chi connectivity index (χ0v) is 15.6. The van der Waals surface area contributed by atoms with Gasteiger partial charge in [-0.2, -0.15) is 0 Å². The number of esters is 1. The average molecular weight is 403 g/mol. The summed E-state index contributed by atoms with van der Waals surface area (Å²) < 4.78 is 31.3. The van der Waals surface area contributed by atoms with Crippen LogP contribution in [0.4, 0.5) is 14.5 Å². The van der Waals surface area contributed by atoms with Gasteiger partial charge >= 0.3 is 5.97 Å². The van der Waals surface area contributed by atoms with Crippen molar-refractivity contribution in [3.8, 4) is 0 Å². The van der Waals surface area contributed by atoms with Gasteiger partial charge in [0.25, 0.3) is 5.91 Å². The molecule has 1 N–H and O–H groups in total. The molecule has 0 saturated carbocycles. The summed E-state index contributed by atoms with van der Waals surface area (Å²) in [5.74, 6) is -3.11. The van der Waals surface area contributed by atoms with Crippen LogP contribution < -0.4 is 5.32 Å². The van der Waals surface area contributed by atoms with Gasteiger partial charge in [0.05, 0.1) is 5.56 Å². The summed E-state index contributed by atoms with van der Waals surface area (Å²) in [5.41, 5.74) is 1.52. The summed E-state index contributed by atoms with van der Waals surface area (Å²) in [5, 5.41) is 10.6. The van der Waals surface area contributed by atoms with Crippen LogP contribution in [0.5, 0.6) is 0 Å². The molecule has 0 saturated heterocycles. The number of hydrogen-bond acceptors (Lipinski definition) is 6. The Bertz CT molecular complexity index is 986. The summed E-state index contributed by atoms with van der Waals surface area (Å²) in [6.07, 6.45) is 0.898. The molecule has 0 spiro atoms. The van der Waals surface area contributed by atoms with Crippen LogP contribution in [-0.4, -0.2) is 22.1 Å². The average Bonchev–Trinajstić information content (AvgIpc) is 3.15. The van der Waals surface area contributed by atoms with Gasteiger partial charge in [-0.25, -0.2) is 13.6 Å². The zero-order chi connectivity index (χ0) is 20.1. The van der Waals surface area contributed by atoms with Crippen molar-refractivity contribution in [2.75, 3.05) is 5.32 Å². The molecule has 0 unspecified atom stereocenters. The van der Waals surface area contributed by atoms with Gasteiger partial charge in [0.2, 0.25) is 5.01 Å². The Balaban J connectivity index is 1.58. The van der Waals surface area contributed by atoms with E-state index in [9.17, 15) is 18.4 Å². The van der Waals surface area contributed by atoms with Crippen molar-refractivity contribution in [1.29, 1.82) is 0 Å². The summed E-state index contributed by atoms with van der Waals surface area (Å²) in [7, 11) is 0. The van der Waals surface area contributed by atoms with E-state index in [-0.39, 0.29) is 22.2 Å². The maximum atomic E-state index is 13.2. The van der Waals surface area contributed by atoms with Crippen LogP contribution in [0.1, 0.15) is 37.7 Å². The minimum absolute atomic E-state index is 0.0995. The molecule has 1 aromatic heterocycles. The fourth-order valence-electron chi connectivity index (χ4n) is 2.29. The normalized spacial score (nSPS) is 10.5. The lowest BCUT2D eigenvalue weighted by atomic mass is 10.1. The molecule has 1 heterocycles. The third-order valence-corrected chi connectivity index (χ3v) is 4.60. The Morgan fingerprint density at radius 1 is 1.07 bits per heavy atom. The van der Waals surface area contributed by atoms with E-state index in [4.69, 9.17) is 4.74 Å². The first-order valence-corrected chi connectivity index (χ1v) is 9.12. The third kappa shape index (κ3) is 4.95. The first-order chi connectivity index (χ1) is 13.4. The number of halogens is 2. The van der Waals surface area contributed by atoms with Crippen molar-refractivity contribution in [2.24, 2.45) is 0 Å². The van der Waals surface area contributed by atoms with Crippen molar-refractivity contribution >= 4 is 28.9 Å². The first-order valence-electron chi connectivity index (χ1n) is 8.30. The van der Waals surface area contributed by atoms with E-state index in [1.165, 1.54) is 0 Å². The second-order valence-electron chi connectivity index (χ2n) is 5.74. The number of aromatic nitrogens is 2. The molecule has 0 bridgehead atoms. The van der Waals surface area contributed by atoms with Gasteiger partial charge in [0, 0.05) is 11.8 Å². The second kappa shape index (κ2) is 8.66. The zero-order valence-electron chi connectivity index (χ0n) is 14.7. The summed E-state index contributed by atoms with van der Waals surface area (Å²) in [6, 6.07) is 9.80. The molecule has 0 aliphatic heterocycles. The highest BCUT2D eigenvalue weighted by Crippen LogP contribution is 2.16. The van der Waals surface area contributed by atoms with Crippen LogP contribution in [0.25, 0.3) is 0 Å². The number of amides is 1. The van der Waals surface area contributed by atoms with Crippen LogP contribution in [-0.2, 0) is 17.8 Å². The lowest BCUT2D eigenvalue weighted by Crippen LogP contribution is -2.11. The molecule has 0 aliphatic rings. The number of carbonyl (C=O) groups is 2. The monoisotopic (exact) mass is 403 g/mol. The minimum Gasteiger partial charge on any atom is -0.455 e. The van der Waals surface area contributed by atoms with E-state index in [0.717, 1.165) is 35.5 Å². The summed E-state index contributed by atoms with van der Waals surface area (Å²) in [4.78, 5) is 24.1. The minimum atomic E-state index is -0.907. The number of aryl methyl sites for hydroxylation is 1. The predicted molar refractivity (Wildman–Crippen MR) is 99.2 cm³/mol. The van der Waals surface area contributed by atoms with E-state index in [1.54, 1.807) is 12.1 Å². The highest BCUT2D eigenvalue weighted by atomic mass is 32.1. The largest absolute Gasteiger partial charge is 0.455 e. The lowest BCUT2D eigenvalue weighted by Gasteiger charge is -2.03. The Kier molecular flexibility index (Phi) is 6.05. The fourth-order valence-corrected chi connectivity index (χ4v) is 2.94. The number of nitrogens with one attached hydrogen (secondary N) is 1. The Morgan fingerprint density at radius 3 is 2.39 bits per heavy atom. The van der Waals surface area contributed by atoms with Gasteiger partial charge in [-0.05, 0) is 36.2 Å². The Labute approximate surface area is 163 Å². The highest BCUT2D eigenvalue weighted by Gasteiger charge is 2.16. The van der Waals surface area contributed by atoms with Crippen LogP contribution in [0.3, 0.4) is 0 Å². The number of carbonyl (C=O) groups excluding carboxylic acids is 2. The van der Waals surface area contributed by atoms with Crippen LogP contribution in [0.15, 0.2) is 42.5 Å². The van der Waals surface area contributed by atoms with Crippen molar-refractivity contribution in [3.63, 3.8) is 0 Å². The van der Waals surface area contributed by atoms with Gasteiger partial charge in [-0.1, -0.05) is 30.4 Å². The number of hydrogen-bond donors (Lipinski definition) is 1. The molecule has 2 aromatic carbocycles. The van der Waals surface area contributed by atoms with Crippen molar-refractivity contribution in [3.05, 3.63) is 75.2 Å². The maximum absolute atomic E-state index is 13.2. The van der Waals surface area contributed by atoms with Crippen LogP contribution in [0.2, 0.25) is 0 Å². The molecular formula is C19H15F2N3O3S. The third-order valence-electron chi connectivity index (χ3n) is 3.71. The molecule has 0 atom stereocenters. The van der Waals surface area contributed by atoms with E-state index in [2.05, 4.69) is 15.5 Å². The molecule has 3 aromatic rings. The quantitative estimate of drug-likeness (QED) is 0.630. The Hall–Kier alpha value is -3.20. The van der Waals surface area contributed by atoms with Crippen molar-refractivity contribution in [2.45, 2.75) is 20.0 Å². The van der Waals surface area contributed by atoms with E-state index >= 15 is 0 Å². The topological polar surface area (TPSA) is 81.2 Å². The summed E-state index contributed by atoms with van der Waals surface area (Å²) in [6.45, 7) is 1.76. The maximum Gasteiger partial charge on any atom is 0.338 e. The molecular weight excluding hydrogens is 388 g/mol. The van der Waals surface area contributed by atoms with Crippen molar-refractivity contribution in [1.82, 2.24) is 10.2 Å². The van der Waals surface area contributed by atoms with Crippen molar-refractivity contribution < 1.29 is 23.1 Å². The highest BCUT2D eigenvalue weighted by molar-refractivity contribution is 7.13. The Morgan fingerprint density at radius 2 is 1.75 bits per heavy atom. The lowest BCUT2D eigenvalue weighted by molar-refractivity contribution is 0.0470. The molecule has 3 rings (SSSR count). The van der Waals surface area contributed by atoms with Gasteiger partial charge in [0.15, 0.2) is 5.01 Å². The molecule has 0 aliphatic carbocycles. The van der Waals surface area contributed by atoms with Gasteiger partial charge in [-0.3, -0.25) is 4.79 Å². The number of anilines is 1. The van der Waals surface area contributed by atoms with E-state index in [1.807, 2.05) is 19.1 Å². The molecule has 28 heavy (non-hydrogen) atoms. The number of rotatable bonds is 6. The van der Waals surface area contributed by atoms with Gasteiger partial charge in [0.1, 0.15) is 18.2 Å². The number of benzene rings is 2. The molecule has 0 radical (unpaired) electrons. The molecule has 0 fully saturated rings. The van der Waals surface area contributed by atoms with Crippen LogP contribution in [0, 0.1) is 11.6 Å². The standard InChI is InChI=1S/C19H15F2N3O3S/c1-2-11-3-5-15(6-4-11)22-17(25)18-24-23-16(28-18)10-27-19(26)12-7-13(20)9-14(21)8-12/h3-9H,2,10H2,1H3,(H,22,25). The van der Waals surface area contributed by atoms with Gasteiger partial charge in [-0.15, -0.1) is 10.2 Å². The fraction of sp³-hybridized carbons (Fsp3) is 0.158. The van der Waals surface area contributed by atoms with E-state index in [0.29, 0.717) is 11.8 Å². The second-order valence-corrected chi connectivity index (χ2v) is 6.80. The smallest absolute Gasteiger partial charge is 0.338 e. The molecule has 144 valence electrons. The molecule has 1 amide bonds. The summed E-state index contributed by atoms with van der Waals surface area (Å²) >= 11 is 0.952. The van der Waals surface area contributed by atoms with Gasteiger partial charge < -0.3 is 10.1 Å². The number of ether oxygens (including phenoxy) is 1. The number of nitrogens with zero attached hydrogens (tertiary/aromatic N) is 2. The molecule has 9 heteroatoms. The first kappa shape index (κ1) is 19.6. The SMILES string of the molecule is CCc1ccc(NC(=O)c2nnc(COC(=O)c3cc(F)cc(F)c3)s2)cc1. The van der Waals surface area contributed by atoms with E-state index < -0.39 is 23.5 Å². The predicted octanol–water partition coefficient (Wildman–Crippen LogP) is 3.99. The van der Waals surface area contributed by atoms with Crippen LogP contribution >= 0.6 is 11.3 Å².